The van der Waals surface area contributed by atoms with E-state index in [9.17, 15) is 5.11 Å². The van der Waals surface area contributed by atoms with Crippen molar-refractivity contribution in [3.63, 3.8) is 0 Å². The van der Waals surface area contributed by atoms with Gasteiger partial charge in [0.15, 0.2) is 0 Å². The molecule has 2 aromatic carbocycles. The molecule has 24 heavy (non-hydrogen) atoms. The molecule has 0 saturated carbocycles. The maximum atomic E-state index is 10.9. The lowest BCUT2D eigenvalue weighted by Gasteiger charge is -2.29. The van der Waals surface area contributed by atoms with Gasteiger partial charge in [-0.3, -0.25) is 0 Å². The van der Waals surface area contributed by atoms with E-state index in [1.807, 2.05) is 24.8 Å². The highest BCUT2D eigenvalue weighted by atomic mass is 16.5. The molecule has 0 aliphatic carbocycles. The number of benzene rings is 2. The Labute approximate surface area is 145 Å². The van der Waals surface area contributed by atoms with Crippen molar-refractivity contribution in [1.29, 1.82) is 0 Å². The second-order valence-corrected chi connectivity index (χ2v) is 8.73. The van der Waals surface area contributed by atoms with E-state index in [4.69, 9.17) is 4.74 Å². The summed E-state index contributed by atoms with van der Waals surface area (Å²) >= 11 is 0. The third kappa shape index (κ3) is 2.90. The Bertz CT molecular complexity index is 725. The van der Waals surface area contributed by atoms with Crippen LogP contribution in [0, 0.1) is 6.61 Å². The Balaban J connectivity index is 2.20. The summed E-state index contributed by atoms with van der Waals surface area (Å²) in [4.78, 5) is 0. The number of ether oxygens (including phenoxy) is 1. The molecule has 0 bridgehead atoms. The monoisotopic (exact) mass is 323 g/mol. The van der Waals surface area contributed by atoms with E-state index in [1.54, 1.807) is 0 Å². The van der Waals surface area contributed by atoms with Gasteiger partial charge in [0.2, 0.25) is 0 Å². The Morgan fingerprint density at radius 2 is 1.42 bits per heavy atom. The van der Waals surface area contributed by atoms with Gasteiger partial charge in [0.1, 0.15) is 18.1 Å². The zero-order valence-corrected chi connectivity index (χ0v) is 15.5. The molecule has 0 amide bonds. The first kappa shape index (κ1) is 16.9. The van der Waals surface area contributed by atoms with Gasteiger partial charge in [0, 0.05) is 5.56 Å². The molecular weight excluding hydrogens is 296 g/mol. The van der Waals surface area contributed by atoms with Crippen LogP contribution in [0.1, 0.15) is 69.7 Å². The quantitative estimate of drug-likeness (QED) is 0.732. The Morgan fingerprint density at radius 3 is 1.96 bits per heavy atom. The van der Waals surface area contributed by atoms with Crippen molar-refractivity contribution in [2.45, 2.75) is 58.3 Å². The van der Waals surface area contributed by atoms with E-state index < -0.39 is 0 Å². The van der Waals surface area contributed by atoms with E-state index in [-0.39, 0.29) is 16.7 Å². The lowest BCUT2D eigenvalue weighted by Crippen LogP contribution is -2.18. The topological polar surface area (TPSA) is 29.5 Å². The van der Waals surface area contributed by atoms with Crippen LogP contribution in [-0.2, 0) is 10.8 Å². The number of fused-ring (bicyclic) bond motifs is 1. The summed E-state index contributed by atoms with van der Waals surface area (Å²) in [5, 5.41) is 10.9. The Hall–Kier alpha value is -1.96. The van der Waals surface area contributed by atoms with Crippen LogP contribution in [-0.4, -0.2) is 5.11 Å². The van der Waals surface area contributed by atoms with E-state index in [0.29, 0.717) is 5.75 Å². The lowest BCUT2D eigenvalue weighted by molar-refractivity contribution is 0.416. The number of phenols is 1. The van der Waals surface area contributed by atoms with Gasteiger partial charge in [-0.15, -0.1) is 0 Å². The fourth-order valence-corrected chi connectivity index (χ4v) is 3.30. The molecular formula is C22H27O2. The van der Waals surface area contributed by atoms with Crippen LogP contribution in [0.5, 0.6) is 11.5 Å². The van der Waals surface area contributed by atoms with E-state index in [2.05, 4.69) is 59.7 Å². The molecule has 1 radical (unpaired) electrons. The predicted octanol–water partition coefficient (Wildman–Crippen LogP) is 5.67. The van der Waals surface area contributed by atoms with E-state index in [1.165, 1.54) is 11.1 Å². The maximum absolute atomic E-state index is 10.9. The van der Waals surface area contributed by atoms with Crippen LogP contribution in [0.25, 0.3) is 0 Å². The lowest BCUT2D eigenvalue weighted by atomic mass is 9.76. The molecule has 1 N–H and O–H groups in total. The highest BCUT2D eigenvalue weighted by molar-refractivity contribution is 5.55. The second kappa shape index (κ2) is 5.54. The summed E-state index contributed by atoms with van der Waals surface area (Å²) in [5.74, 6) is 1.44. The standard InChI is InChI=1S/C22H27O2/c1-21(2,3)17-11-14(12-18(20(17)23)22(4,5)6)16-13-24-19-10-8-7-9-15(16)19/h7-13,16,23H,1-6H3/t16-/m0/s1. The first-order valence-corrected chi connectivity index (χ1v) is 8.56. The molecule has 0 unspecified atom stereocenters. The van der Waals surface area contributed by atoms with Gasteiger partial charge in [-0.1, -0.05) is 71.9 Å². The highest BCUT2D eigenvalue weighted by Crippen LogP contribution is 2.45. The molecule has 0 spiro atoms. The van der Waals surface area contributed by atoms with Crippen LogP contribution in [0.2, 0.25) is 0 Å². The summed E-state index contributed by atoms with van der Waals surface area (Å²) in [5.41, 5.74) is 4.08. The maximum Gasteiger partial charge on any atom is 0.147 e. The average molecular weight is 323 g/mol. The minimum atomic E-state index is -0.126. The smallest absolute Gasteiger partial charge is 0.147 e. The van der Waals surface area contributed by atoms with Crippen molar-refractivity contribution in [1.82, 2.24) is 0 Å². The molecule has 0 fully saturated rings. The molecule has 0 saturated heterocycles. The molecule has 1 aliphatic heterocycles. The zero-order chi connectivity index (χ0) is 17.7. The average Bonchev–Trinajstić information content (AvgIpc) is 2.89. The van der Waals surface area contributed by atoms with E-state index >= 15 is 0 Å². The first-order valence-electron chi connectivity index (χ1n) is 8.56. The molecule has 2 heteroatoms. The normalized spacial score (nSPS) is 17.5. The van der Waals surface area contributed by atoms with Gasteiger partial charge in [-0.25, -0.2) is 0 Å². The van der Waals surface area contributed by atoms with Gasteiger partial charge < -0.3 is 9.84 Å². The molecule has 0 aromatic heterocycles. The van der Waals surface area contributed by atoms with Crippen molar-refractivity contribution in [3.8, 4) is 11.5 Å². The third-order valence-corrected chi connectivity index (χ3v) is 4.69. The Morgan fingerprint density at radius 1 is 0.875 bits per heavy atom. The number of hydrogen-bond donors (Lipinski definition) is 1. The molecule has 2 aromatic rings. The minimum absolute atomic E-state index is 0.101. The number of aromatic hydroxyl groups is 1. The van der Waals surface area contributed by atoms with Gasteiger partial charge in [-0.05, 0) is 33.6 Å². The van der Waals surface area contributed by atoms with Crippen molar-refractivity contribution in [3.05, 3.63) is 65.3 Å². The van der Waals surface area contributed by atoms with Crippen molar-refractivity contribution in [2.24, 2.45) is 0 Å². The molecule has 3 rings (SSSR count). The molecule has 2 nitrogen and oxygen atoms in total. The second-order valence-electron chi connectivity index (χ2n) is 8.73. The van der Waals surface area contributed by atoms with Gasteiger partial charge in [0.25, 0.3) is 0 Å². The van der Waals surface area contributed by atoms with Crippen molar-refractivity contribution < 1.29 is 9.84 Å². The molecule has 1 heterocycles. The summed E-state index contributed by atoms with van der Waals surface area (Å²) in [6.45, 7) is 14.7. The van der Waals surface area contributed by atoms with Crippen LogP contribution >= 0.6 is 0 Å². The van der Waals surface area contributed by atoms with Gasteiger partial charge in [-0.2, -0.15) is 0 Å². The summed E-state index contributed by atoms with van der Waals surface area (Å²) < 4.78 is 5.76. The number of phenolic OH excluding ortho intramolecular Hbond substituents is 1. The number of hydrogen-bond acceptors (Lipinski definition) is 2. The van der Waals surface area contributed by atoms with Crippen LogP contribution < -0.4 is 4.74 Å². The van der Waals surface area contributed by atoms with Crippen LogP contribution in [0.3, 0.4) is 0 Å². The number of para-hydroxylation sites is 1. The third-order valence-electron chi connectivity index (χ3n) is 4.69. The summed E-state index contributed by atoms with van der Waals surface area (Å²) in [6.07, 6.45) is 0. The van der Waals surface area contributed by atoms with Crippen molar-refractivity contribution >= 4 is 0 Å². The zero-order valence-electron chi connectivity index (χ0n) is 15.5. The molecule has 1 atom stereocenters. The van der Waals surface area contributed by atoms with E-state index in [0.717, 1.165) is 16.9 Å². The minimum Gasteiger partial charge on any atom is -0.507 e. The van der Waals surface area contributed by atoms with Gasteiger partial charge in [0.05, 0.1) is 5.92 Å². The largest absolute Gasteiger partial charge is 0.507 e. The van der Waals surface area contributed by atoms with Crippen LogP contribution in [0.4, 0.5) is 0 Å². The SMILES string of the molecule is CC(C)(C)c1cc([C@@H]2[CH]Oc3ccccc32)cc(C(C)(C)C)c1O. The molecule has 127 valence electrons. The van der Waals surface area contributed by atoms with Gasteiger partial charge >= 0.3 is 0 Å². The number of rotatable bonds is 1. The predicted molar refractivity (Wildman–Crippen MR) is 98.7 cm³/mol. The summed E-state index contributed by atoms with van der Waals surface area (Å²) in [7, 11) is 0. The highest BCUT2D eigenvalue weighted by Gasteiger charge is 2.31. The fourth-order valence-electron chi connectivity index (χ4n) is 3.30. The van der Waals surface area contributed by atoms with Crippen molar-refractivity contribution in [2.75, 3.05) is 0 Å². The fraction of sp³-hybridized carbons (Fsp3) is 0.409. The molecule has 1 aliphatic rings. The summed E-state index contributed by atoms with van der Waals surface area (Å²) in [6, 6.07) is 12.4. The Kier molecular flexibility index (Phi) is 3.90. The first-order chi connectivity index (χ1) is 11.1. The van der Waals surface area contributed by atoms with Crippen LogP contribution in [0.15, 0.2) is 36.4 Å².